The van der Waals surface area contributed by atoms with E-state index < -0.39 is 5.16 Å². The largest absolute Gasteiger partial charge is 0.378 e. The maximum Gasteiger partial charge on any atom is 0.251 e. The van der Waals surface area contributed by atoms with Crippen molar-refractivity contribution in [3.8, 4) is 11.3 Å². The van der Waals surface area contributed by atoms with Crippen molar-refractivity contribution in [2.75, 3.05) is 49.8 Å². The molecule has 2 bridgehead atoms. The fraction of sp³-hybridized carbons (Fsp3) is 0.462. The molecule has 10 heteroatoms. The first-order valence-corrected chi connectivity index (χ1v) is 12.9. The average Bonchev–Trinajstić information content (AvgIpc) is 3.14. The number of nitrogens with zero attached hydrogens (tertiary/aromatic N) is 5. The van der Waals surface area contributed by atoms with Gasteiger partial charge in [0.25, 0.3) is 5.91 Å². The number of rotatable bonds is 4. The molecule has 2 aromatic heterocycles. The van der Waals surface area contributed by atoms with Crippen molar-refractivity contribution in [1.29, 1.82) is 0 Å². The third-order valence-electron chi connectivity index (χ3n) is 7.34. The third-order valence-corrected chi connectivity index (χ3v) is 7.75. The predicted molar refractivity (Wildman–Crippen MR) is 139 cm³/mol. The highest BCUT2D eigenvalue weighted by Crippen LogP contribution is 2.38. The van der Waals surface area contributed by atoms with E-state index in [-0.39, 0.29) is 5.91 Å². The minimum absolute atomic E-state index is 0.129. The van der Waals surface area contributed by atoms with Gasteiger partial charge in [-0.25, -0.2) is 4.98 Å². The summed E-state index contributed by atoms with van der Waals surface area (Å²) in [6.45, 7) is 5.31. The summed E-state index contributed by atoms with van der Waals surface area (Å²) in [5, 5.41) is 3.18. The molecule has 1 aromatic carbocycles. The highest BCUT2D eigenvalue weighted by Gasteiger charge is 2.40. The van der Waals surface area contributed by atoms with Crippen LogP contribution in [-0.4, -0.2) is 88.4 Å². The number of aromatic nitrogens is 3. The Morgan fingerprint density at radius 1 is 1.11 bits per heavy atom. The number of anilines is 2. The summed E-state index contributed by atoms with van der Waals surface area (Å²) < 4.78 is 11.6. The van der Waals surface area contributed by atoms with Gasteiger partial charge in [-0.05, 0) is 44.0 Å². The lowest BCUT2D eigenvalue weighted by Crippen LogP contribution is -2.56. The highest BCUT2D eigenvalue weighted by molar-refractivity contribution is 6.17. The molecule has 1 N–H and O–H groups in total. The summed E-state index contributed by atoms with van der Waals surface area (Å²) >= 11 is 0. The lowest BCUT2D eigenvalue weighted by Gasteiger charge is -2.43. The second kappa shape index (κ2) is 9.09. The Kier molecular flexibility index (Phi) is 5.89. The molecular weight excluding hydrogens is 472 g/mol. The van der Waals surface area contributed by atoms with Gasteiger partial charge in [-0.3, -0.25) is 4.79 Å². The molecule has 1 amide bonds. The molecule has 3 saturated heterocycles. The average molecular weight is 502 g/mol. The van der Waals surface area contributed by atoms with Crippen molar-refractivity contribution in [1.82, 2.24) is 20.3 Å². The molecule has 0 aliphatic carbocycles. The maximum atomic E-state index is 12.2. The van der Waals surface area contributed by atoms with Crippen LogP contribution in [0.5, 0.6) is 0 Å². The van der Waals surface area contributed by atoms with Gasteiger partial charge in [-0.1, -0.05) is 12.1 Å². The first-order valence-electron chi connectivity index (χ1n) is 12.4. The topological polar surface area (TPSA) is 92.7 Å². The van der Waals surface area contributed by atoms with Crippen molar-refractivity contribution >= 4 is 38.9 Å². The van der Waals surface area contributed by atoms with Gasteiger partial charge in [0.2, 0.25) is 5.95 Å². The zero-order valence-electron chi connectivity index (χ0n) is 20.5. The van der Waals surface area contributed by atoms with Crippen molar-refractivity contribution in [2.45, 2.75) is 37.0 Å². The summed E-state index contributed by atoms with van der Waals surface area (Å²) in [6.07, 6.45) is 2.19. The number of ether oxygens (including phenoxy) is 2. The summed E-state index contributed by atoms with van der Waals surface area (Å²) in [4.78, 5) is 31.9. The molecule has 3 aliphatic rings. The number of pyridine rings is 1. The molecule has 36 heavy (non-hydrogen) atoms. The number of nitrogens with one attached hydrogen (secondary N) is 1. The molecule has 3 radical (unpaired) electrons. The molecule has 9 nitrogen and oxygen atoms in total. The van der Waals surface area contributed by atoms with Crippen LogP contribution in [0.15, 0.2) is 36.4 Å². The van der Waals surface area contributed by atoms with Crippen molar-refractivity contribution in [3.05, 3.63) is 42.0 Å². The van der Waals surface area contributed by atoms with E-state index in [1.165, 1.54) is 0 Å². The Morgan fingerprint density at radius 2 is 1.92 bits per heavy atom. The van der Waals surface area contributed by atoms with E-state index in [2.05, 4.69) is 38.3 Å². The third kappa shape index (κ3) is 4.02. The second-order valence-electron chi connectivity index (χ2n) is 9.88. The number of fused-ring (bicyclic) bond motifs is 3. The molecule has 6 rings (SSSR count). The first-order chi connectivity index (χ1) is 17.4. The van der Waals surface area contributed by atoms with Crippen LogP contribution in [0, 0.1) is 0 Å². The maximum absolute atomic E-state index is 12.2. The first kappa shape index (κ1) is 23.3. The summed E-state index contributed by atoms with van der Waals surface area (Å²) in [5.41, 5.74) is 2.85. The second-order valence-corrected chi connectivity index (χ2v) is 11.0. The van der Waals surface area contributed by atoms with Gasteiger partial charge in [-0.2, -0.15) is 9.97 Å². The highest BCUT2D eigenvalue weighted by atomic mass is 28.1. The normalized spacial score (nSPS) is 25.9. The number of morpholine rings is 2. The van der Waals surface area contributed by atoms with Crippen LogP contribution in [0.2, 0.25) is 0 Å². The monoisotopic (exact) mass is 501 g/mol. The zero-order chi connectivity index (χ0) is 24.9. The molecule has 2 unspecified atom stereocenters. The van der Waals surface area contributed by atoms with E-state index in [4.69, 9.17) is 24.4 Å². The summed E-state index contributed by atoms with van der Waals surface area (Å²) in [6, 6.07) is 12.1. The van der Waals surface area contributed by atoms with E-state index in [0.29, 0.717) is 62.2 Å². The van der Waals surface area contributed by atoms with E-state index >= 15 is 0 Å². The molecule has 3 fully saturated rings. The molecule has 0 saturated carbocycles. The Balaban J connectivity index is 1.50. The lowest BCUT2D eigenvalue weighted by molar-refractivity contribution is 0.0849. The molecule has 0 spiro atoms. The fourth-order valence-electron chi connectivity index (χ4n) is 5.47. The fourth-order valence-corrected chi connectivity index (χ4v) is 5.79. The van der Waals surface area contributed by atoms with Crippen LogP contribution in [-0.2, 0) is 9.47 Å². The predicted octanol–water partition coefficient (Wildman–Crippen LogP) is 2.14. The van der Waals surface area contributed by atoms with Crippen LogP contribution in [0.3, 0.4) is 0 Å². The Bertz CT molecular complexity index is 1300. The number of benzene rings is 1. The van der Waals surface area contributed by atoms with Gasteiger partial charge in [0.1, 0.15) is 5.82 Å². The smallest absolute Gasteiger partial charge is 0.251 e. The van der Waals surface area contributed by atoms with Gasteiger partial charge in [-0.15, -0.1) is 0 Å². The van der Waals surface area contributed by atoms with E-state index in [1.807, 2.05) is 24.3 Å². The van der Waals surface area contributed by atoms with Crippen LogP contribution in [0.1, 0.15) is 30.1 Å². The van der Waals surface area contributed by atoms with Gasteiger partial charge in [0.05, 0.1) is 59.8 Å². The van der Waals surface area contributed by atoms with Gasteiger partial charge >= 0.3 is 0 Å². The minimum atomic E-state index is -0.424. The van der Waals surface area contributed by atoms with E-state index in [1.54, 1.807) is 13.1 Å². The number of amides is 1. The number of hydrogen-bond donors (Lipinski definition) is 1. The standard InChI is InChI=1S/C26H29N6O3Si/c1-26(36)15-34-11-10-31(26)25-29-22-20(23(30-25)32-18-6-7-19(32)14-35-13-18)8-9-21(28-22)16-4-3-5-17(12-16)24(33)27-2/h3-5,8-9,12,18-19H,6-7,10-11,13-15H2,1-2H3,(H,27,33)/t18?,19?,26-/m0/s1. The quantitative estimate of drug-likeness (QED) is 0.544. The van der Waals surface area contributed by atoms with Gasteiger partial charge < -0.3 is 24.6 Å². The summed E-state index contributed by atoms with van der Waals surface area (Å²) in [7, 11) is 5.52. The van der Waals surface area contributed by atoms with Gasteiger partial charge in [0, 0.05) is 29.9 Å². The molecular formula is C26H29N6O3Si. The van der Waals surface area contributed by atoms with E-state index in [0.717, 1.165) is 35.3 Å². The van der Waals surface area contributed by atoms with Crippen molar-refractivity contribution in [2.24, 2.45) is 0 Å². The van der Waals surface area contributed by atoms with Crippen LogP contribution < -0.4 is 15.1 Å². The Morgan fingerprint density at radius 3 is 2.67 bits per heavy atom. The Hall–Kier alpha value is -3.08. The number of carbonyl (C=O) groups excluding carboxylic acids is 1. The summed E-state index contributed by atoms with van der Waals surface area (Å²) in [5.74, 6) is 1.42. The van der Waals surface area contributed by atoms with Crippen LogP contribution in [0.4, 0.5) is 11.8 Å². The van der Waals surface area contributed by atoms with Crippen molar-refractivity contribution < 1.29 is 14.3 Å². The number of hydrogen-bond acceptors (Lipinski definition) is 8. The molecule has 3 aromatic rings. The molecule has 3 atom stereocenters. The molecule has 5 heterocycles. The van der Waals surface area contributed by atoms with Crippen LogP contribution in [0.25, 0.3) is 22.3 Å². The zero-order valence-corrected chi connectivity index (χ0v) is 21.5. The number of carbonyl (C=O) groups is 1. The van der Waals surface area contributed by atoms with Crippen LogP contribution >= 0.6 is 0 Å². The Labute approximate surface area is 213 Å². The SMILES string of the molecule is CNC(=O)c1cccc(-c2ccc3c(N4C5CCC4COC5)nc(N4CCOC[C@]4(C)[Si])nc3n2)c1. The minimum Gasteiger partial charge on any atom is -0.378 e. The molecule has 3 aliphatic heterocycles. The van der Waals surface area contributed by atoms with Gasteiger partial charge in [0.15, 0.2) is 5.65 Å². The van der Waals surface area contributed by atoms with E-state index in [9.17, 15) is 4.79 Å². The molecule has 185 valence electrons. The van der Waals surface area contributed by atoms with Crippen molar-refractivity contribution in [3.63, 3.8) is 0 Å². The lowest BCUT2D eigenvalue weighted by atomic mass is 10.1.